The molecule has 1 saturated heterocycles. The van der Waals surface area contributed by atoms with Gasteiger partial charge >= 0.3 is 0 Å². The second-order valence-corrected chi connectivity index (χ2v) is 8.24. The number of benzene rings is 2. The number of fused-ring (bicyclic) bond motifs is 1. The number of methoxy groups -OCH3 is 1. The second-order valence-electron chi connectivity index (χ2n) is 8.24. The predicted octanol–water partition coefficient (Wildman–Crippen LogP) is 5.15. The molecule has 2 unspecified atom stereocenters. The van der Waals surface area contributed by atoms with Crippen LogP contribution in [-0.2, 0) is 4.74 Å². The SMILES string of the molecule is CCC1CCC(n2nc(-c3ccc(Oc4cccc(OC)c4F)cc3)c3c(N)ncnc32)CO1. The van der Waals surface area contributed by atoms with Crippen LogP contribution in [0.25, 0.3) is 22.3 Å². The lowest BCUT2D eigenvalue weighted by molar-refractivity contribution is -0.0148. The largest absolute Gasteiger partial charge is 0.494 e. The zero-order chi connectivity index (χ0) is 23.7. The van der Waals surface area contributed by atoms with Crippen molar-refractivity contribution in [2.45, 2.75) is 38.3 Å². The molecule has 0 saturated carbocycles. The first-order valence-corrected chi connectivity index (χ1v) is 11.3. The van der Waals surface area contributed by atoms with Crippen LogP contribution in [0.4, 0.5) is 10.2 Å². The molecular formula is C25H26FN5O3. The van der Waals surface area contributed by atoms with Gasteiger partial charge < -0.3 is 19.9 Å². The van der Waals surface area contributed by atoms with Crippen LogP contribution in [0.15, 0.2) is 48.8 Å². The molecule has 2 N–H and O–H groups in total. The molecule has 0 spiro atoms. The number of aromatic nitrogens is 4. The van der Waals surface area contributed by atoms with Gasteiger partial charge in [0.1, 0.15) is 23.6 Å². The Balaban J connectivity index is 1.46. The third kappa shape index (κ3) is 4.03. The number of hydrogen-bond donors (Lipinski definition) is 1. The Hall–Kier alpha value is -3.72. The van der Waals surface area contributed by atoms with Gasteiger partial charge in [0.25, 0.3) is 0 Å². The third-order valence-electron chi connectivity index (χ3n) is 6.17. The molecule has 0 bridgehead atoms. The molecule has 4 aromatic rings. The zero-order valence-corrected chi connectivity index (χ0v) is 19.1. The van der Waals surface area contributed by atoms with E-state index in [0.29, 0.717) is 41.0 Å². The van der Waals surface area contributed by atoms with Crippen molar-refractivity contribution in [3.8, 4) is 28.5 Å². The summed E-state index contributed by atoms with van der Waals surface area (Å²) in [5.41, 5.74) is 8.44. The molecular weight excluding hydrogens is 437 g/mol. The highest BCUT2D eigenvalue weighted by Crippen LogP contribution is 2.36. The normalized spacial score (nSPS) is 18.2. The molecule has 1 fully saturated rings. The monoisotopic (exact) mass is 463 g/mol. The van der Waals surface area contributed by atoms with E-state index in [9.17, 15) is 4.39 Å². The summed E-state index contributed by atoms with van der Waals surface area (Å²) in [4.78, 5) is 8.66. The van der Waals surface area contributed by atoms with E-state index in [2.05, 4.69) is 16.9 Å². The Morgan fingerprint density at radius 2 is 1.91 bits per heavy atom. The molecule has 2 atom stereocenters. The summed E-state index contributed by atoms with van der Waals surface area (Å²) in [5.74, 6) is 0.507. The van der Waals surface area contributed by atoms with Gasteiger partial charge in [-0.1, -0.05) is 13.0 Å². The predicted molar refractivity (Wildman–Crippen MR) is 126 cm³/mol. The lowest BCUT2D eigenvalue weighted by Crippen LogP contribution is -2.28. The van der Waals surface area contributed by atoms with E-state index in [-0.39, 0.29) is 17.5 Å². The van der Waals surface area contributed by atoms with E-state index in [1.807, 2.05) is 16.8 Å². The Bertz CT molecular complexity index is 1300. The van der Waals surface area contributed by atoms with Gasteiger partial charge in [0.2, 0.25) is 5.82 Å². The number of anilines is 1. The van der Waals surface area contributed by atoms with Gasteiger partial charge in [0.05, 0.1) is 31.2 Å². The van der Waals surface area contributed by atoms with E-state index >= 15 is 0 Å². The first-order valence-electron chi connectivity index (χ1n) is 11.3. The lowest BCUT2D eigenvalue weighted by Gasteiger charge is -2.28. The first kappa shape index (κ1) is 22.1. The topological polar surface area (TPSA) is 97.3 Å². The van der Waals surface area contributed by atoms with Gasteiger partial charge in [0.15, 0.2) is 17.1 Å². The molecule has 0 aliphatic carbocycles. The maximum Gasteiger partial charge on any atom is 0.207 e. The highest BCUT2D eigenvalue weighted by atomic mass is 19.1. The highest BCUT2D eigenvalue weighted by Gasteiger charge is 2.27. The smallest absolute Gasteiger partial charge is 0.207 e. The Morgan fingerprint density at radius 1 is 1.12 bits per heavy atom. The maximum atomic E-state index is 14.4. The number of halogens is 1. The minimum Gasteiger partial charge on any atom is -0.494 e. The van der Waals surface area contributed by atoms with Crippen LogP contribution in [-0.4, -0.2) is 39.6 Å². The average Bonchev–Trinajstić information content (AvgIpc) is 3.27. The molecule has 0 radical (unpaired) electrons. The van der Waals surface area contributed by atoms with Gasteiger partial charge in [-0.2, -0.15) is 9.49 Å². The maximum absolute atomic E-state index is 14.4. The fourth-order valence-corrected chi connectivity index (χ4v) is 4.29. The number of ether oxygens (including phenoxy) is 3. The Kier molecular flexibility index (Phi) is 6.02. The highest BCUT2D eigenvalue weighted by molar-refractivity contribution is 5.98. The molecule has 3 heterocycles. The lowest BCUT2D eigenvalue weighted by atomic mass is 10.0. The zero-order valence-electron chi connectivity index (χ0n) is 19.1. The van der Waals surface area contributed by atoms with Gasteiger partial charge in [-0.05, 0) is 55.7 Å². The van der Waals surface area contributed by atoms with E-state index in [1.54, 1.807) is 30.3 Å². The van der Waals surface area contributed by atoms with Crippen molar-refractivity contribution in [2.75, 3.05) is 19.5 Å². The van der Waals surface area contributed by atoms with Crippen molar-refractivity contribution in [3.05, 3.63) is 54.6 Å². The van der Waals surface area contributed by atoms with Gasteiger partial charge in [-0.3, -0.25) is 0 Å². The minimum absolute atomic E-state index is 0.0759. The number of nitrogens with two attached hydrogens (primary N) is 1. The van der Waals surface area contributed by atoms with Crippen LogP contribution < -0.4 is 15.2 Å². The molecule has 5 rings (SSSR count). The van der Waals surface area contributed by atoms with Crippen LogP contribution in [0.3, 0.4) is 0 Å². The van der Waals surface area contributed by atoms with E-state index in [4.69, 9.17) is 25.0 Å². The first-order chi connectivity index (χ1) is 16.6. The number of nitrogens with zero attached hydrogens (tertiary/aromatic N) is 4. The second kappa shape index (κ2) is 9.26. The summed E-state index contributed by atoms with van der Waals surface area (Å²) in [5, 5.41) is 5.58. The van der Waals surface area contributed by atoms with Gasteiger partial charge in [-0.15, -0.1) is 0 Å². The van der Waals surface area contributed by atoms with Gasteiger partial charge in [-0.25, -0.2) is 14.6 Å². The van der Waals surface area contributed by atoms with Crippen LogP contribution in [0.5, 0.6) is 17.2 Å². The van der Waals surface area contributed by atoms with E-state index < -0.39 is 5.82 Å². The van der Waals surface area contributed by atoms with E-state index in [1.165, 1.54) is 13.4 Å². The molecule has 34 heavy (non-hydrogen) atoms. The van der Waals surface area contributed by atoms with E-state index in [0.717, 1.165) is 24.8 Å². The number of rotatable bonds is 6. The summed E-state index contributed by atoms with van der Waals surface area (Å²) in [6.45, 7) is 2.72. The summed E-state index contributed by atoms with van der Waals surface area (Å²) in [7, 11) is 1.41. The van der Waals surface area contributed by atoms with Crippen LogP contribution in [0.2, 0.25) is 0 Å². The quantitative estimate of drug-likeness (QED) is 0.422. The fraction of sp³-hybridized carbons (Fsp3) is 0.320. The summed E-state index contributed by atoms with van der Waals surface area (Å²) >= 11 is 0. The molecule has 9 heteroatoms. The summed E-state index contributed by atoms with van der Waals surface area (Å²) in [6, 6.07) is 12.1. The van der Waals surface area contributed by atoms with Crippen LogP contribution in [0, 0.1) is 5.82 Å². The minimum atomic E-state index is -0.552. The van der Waals surface area contributed by atoms with Gasteiger partial charge in [0, 0.05) is 5.56 Å². The molecule has 1 aliphatic rings. The third-order valence-corrected chi connectivity index (χ3v) is 6.17. The molecule has 176 valence electrons. The molecule has 1 aliphatic heterocycles. The molecule has 8 nitrogen and oxygen atoms in total. The Labute approximate surface area is 196 Å². The molecule has 2 aromatic carbocycles. The molecule has 0 amide bonds. The van der Waals surface area contributed by atoms with Crippen LogP contribution >= 0.6 is 0 Å². The Morgan fingerprint density at radius 3 is 2.62 bits per heavy atom. The van der Waals surface area contributed by atoms with Crippen molar-refractivity contribution in [3.63, 3.8) is 0 Å². The van der Waals surface area contributed by atoms with Crippen molar-refractivity contribution in [1.29, 1.82) is 0 Å². The van der Waals surface area contributed by atoms with Crippen molar-refractivity contribution in [2.24, 2.45) is 0 Å². The van der Waals surface area contributed by atoms with Crippen molar-refractivity contribution in [1.82, 2.24) is 19.7 Å². The summed E-state index contributed by atoms with van der Waals surface area (Å²) < 4.78 is 33.1. The van der Waals surface area contributed by atoms with Crippen molar-refractivity contribution >= 4 is 16.9 Å². The van der Waals surface area contributed by atoms with Crippen LogP contribution in [0.1, 0.15) is 32.2 Å². The van der Waals surface area contributed by atoms with Crippen molar-refractivity contribution < 1.29 is 18.6 Å². The summed E-state index contributed by atoms with van der Waals surface area (Å²) in [6.07, 6.45) is 4.68. The number of hydrogen-bond acceptors (Lipinski definition) is 7. The average molecular weight is 464 g/mol. The molecule has 2 aromatic heterocycles. The standard InChI is InChI=1S/C25H26FN5O3/c1-3-17-12-9-16(13-33-17)31-25-21(24(27)28-14-29-25)23(30-31)15-7-10-18(11-8-15)34-20-6-4-5-19(32-2)22(20)26/h4-8,10-11,14,16-17H,3,9,12-13H2,1-2H3,(H2,27,28,29). The fourth-order valence-electron chi connectivity index (χ4n) is 4.29. The number of nitrogen functional groups attached to an aromatic ring is 1.